The topological polar surface area (TPSA) is 47.0 Å². The minimum absolute atomic E-state index is 0.540. The molecule has 0 spiro atoms. The molecule has 1 heterocycles. The van der Waals surface area contributed by atoms with Crippen LogP contribution in [0, 0.1) is 0 Å². The van der Waals surface area contributed by atoms with Gasteiger partial charge >= 0.3 is 0 Å². The van der Waals surface area contributed by atoms with Crippen LogP contribution in [0.2, 0.25) is 5.02 Å². The molecule has 106 valence electrons. The molecule has 0 unspecified atom stereocenters. The van der Waals surface area contributed by atoms with E-state index in [0.717, 1.165) is 31.0 Å². The molecule has 5 heteroatoms. The van der Waals surface area contributed by atoms with Crippen molar-refractivity contribution in [1.29, 1.82) is 0 Å². The van der Waals surface area contributed by atoms with Gasteiger partial charge in [-0.2, -0.15) is 4.98 Å². The van der Waals surface area contributed by atoms with E-state index in [-0.39, 0.29) is 0 Å². The largest absolute Gasteiger partial charge is 0.439 e. The van der Waals surface area contributed by atoms with Gasteiger partial charge in [0.15, 0.2) is 0 Å². The van der Waals surface area contributed by atoms with Gasteiger partial charge in [0.05, 0.1) is 0 Å². The summed E-state index contributed by atoms with van der Waals surface area (Å²) in [7, 11) is 0. The fraction of sp³-hybridized carbons (Fsp3) is 0.333. The van der Waals surface area contributed by atoms with Crippen molar-refractivity contribution in [3.8, 4) is 11.6 Å². The number of hydrogen-bond acceptors (Lipinski definition) is 4. The molecule has 2 aromatic rings. The number of benzene rings is 1. The fourth-order valence-electron chi connectivity index (χ4n) is 1.65. The van der Waals surface area contributed by atoms with Gasteiger partial charge in [0.25, 0.3) is 0 Å². The third-order valence-electron chi connectivity index (χ3n) is 2.66. The summed E-state index contributed by atoms with van der Waals surface area (Å²) in [5, 5.41) is 3.93. The molecule has 0 amide bonds. The van der Waals surface area contributed by atoms with E-state index in [1.165, 1.54) is 0 Å². The van der Waals surface area contributed by atoms with Crippen molar-refractivity contribution in [1.82, 2.24) is 9.97 Å². The summed E-state index contributed by atoms with van der Waals surface area (Å²) >= 11 is 5.85. The third kappa shape index (κ3) is 4.10. The fourth-order valence-corrected chi connectivity index (χ4v) is 1.78. The highest BCUT2D eigenvalue weighted by Crippen LogP contribution is 2.23. The van der Waals surface area contributed by atoms with Crippen LogP contribution in [-0.2, 0) is 6.42 Å². The molecule has 0 aliphatic rings. The Labute approximate surface area is 124 Å². The summed E-state index contributed by atoms with van der Waals surface area (Å²) in [6.07, 6.45) is 1.80. The Morgan fingerprint density at radius 2 is 1.90 bits per heavy atom. The molecule has 0 atom stereocenters. The molecule has 1 aromatic heterocycles. The summed E-state index contributed by atoms with van der Waals surface area (Å²) in [5.41, 5.74) is 0. The minimum Gasteiger partial charge on any atom is -0.439 e. The van der Waals surface area contributed by atoms with Crippen LogP contribution in [0.15, 0.2) is 30.3 Å². The van der Waals surface area contributed by atoms with Crippen LogP contribution >= 0.6 is 11.6 Å². The predicted octanol–water partition coefficient (Wildman–Crippen LogP) is 4.31. The molecule has 0 saturated carbocycles. The Balaban J connectivity index is 2.19. The van der Waals surface area contributed by atoms with Gasteiger partial charge < -0.3 is 10.1 Å². The van der Waals surface area contributed by atoms with Crippen molar-refractivity contribution >= 4 is 17.4 Å². The quantitative estimate of drug-likeness (QED) is 0.861. The molecule has 0 aliphatic heterocycles. The van der Waals surface area contributed by atoms with Gasteiger partial charge in [-0.15, -0.1) is 0 Å². The number of halogens is 1. The Morgan fingerprint density at radius 1 is 1.15 bits per heavy atom. The Kier molecular flexibility index (Phi) is 5.18. The first-order chi connectivity index (χ1) is 9.71. The van der Waals surface area contributed by atoms with E-state index >= 15 is 0 Å². The number of ether oxygens (including phenoxy) is 1. The van der Waals surface area contributed by atoms with E-state index in [4.69, 9.17) is 16.3 Å². The standard InChI is InChI=1S/C15H18ClN3O/c1-3-9-17-14-10-15(19-13(4-2)18-14)20-12-7-5-11(16)6-8-12/h5-8,10H,3-4,9H2,1-2H3,(H,17,18,19). The van der Waals surface area contributed by atoms with Gasteiger partial charge in [0.1, 0.15) is 17.4 Å². The summed E-state index contributed by atoms with van der Waals surface area (Å²) < 4.78 is 5.75. The molecule has 0 saturated heterocycles. The van der Waals surface area contributed by atoms with Crippen LogP contribution in [0.4, 0.5) is 5.82 Å². The lowest BCUT2D eigenvalue weighted by atomic mass is 10.3. The van der Waals surface area contributed by atoms with Crippen molar-refractivity contribution in [3.05, 3.63) is 41.2 Å². The van der Waals surface area contributed by atoms with Crippen molar-refractivity contribution in [2.24, 2.45) is 0 Å². The van der Waals surface area contributed by atoms with E-state index in [9.17, 15) is 0 Å². The molecular formula is C15H18ClN3O. The van der Waals surface area contributed by atoms with Crippen LogP contribution in [0.25, 0.3) is 0 Å². The van der Waals surface area contributed by atoms with Gasteiger partial charge in [-0.1, -0.05) is 25.4 Å². The first-order valence-electron chi connectivity index (χ1n) is 6.76. The maximum atomic E-state index is 5.85. The average Bonchev–Trinajstić information content (AvgIpc) is 2.47. The van der Waals surface area contributed by atoms with Gasteiger partial charge in [0.2, 0.25) is 5.88 Å². The molecule has 0 bridgehead atoms. The van der Waals surface area contributed by atoms with Crippen molar-refractivity contribution in [2.75, 3.05) is 11.9 Å². The van der Waals surface area contributed by atoms with Crippen molar-refractivity contribution < 1.29 is 4.74 Å². The number of nitrogens with one attached hydrogen (secondary N) is 1. The van der Waals surface area contributed by atoms with Crippen LogP contribution < -0.4 is 10.1 Å². The highest BCUT2D eigenvalue weighted by Gasteiger charge is 2.05. The molecule has 4 nitrogen and oxygen atoms in total. The Bertz CT molecular complexity index is 558. The van der Waals surface area contributed by atoms with Crippen LogP contribution in [0.3, 0.4) is 0 Å². The summed E-state index contributed by atoms with van der Waals surface area (Å²) in [6.45, 7) is 5.01. The second-order valence-electron chi connectivity index (χ2n) is 4.34. The minimum atomic E-state index is 0.540. The van der Waals surface area contributed by atoms with Gasteiger partial charge in [-0.05, 0) is 30.7 Å². The number of aromatic nitrogens is 2. The first kappa shape index (κ1) is 14.6. The van der Waals surface area contributed by atoms with Crippen LogP contribution in [0.1, 0.15) is 26.1 Å². The molecule has 20 heavy (non-hydrogen) atoms. The lowest BCUT2D eigenvalue weighted by molar-refractivity contribution is 0.459. The second kappa shape index (κ2) is 7.10. The number of aryl methyl sites for hydroxylation is 1. The van der Waals surface area contributed by atoms with E-state index < -0.39 is 0 Å². The van der Waals surface area contributed by atoms with E-state index in [1.54, 1.807) is 12.1 Å². The van der Waals surface area contributed by atoms with Crippen molar-refractivity contribution in [3.63, 3.8) is 0 Å². The molecule has 2 rings (SSSR count). The lowest BCUT2D eigenvalue weighted by Crippen LogP contribution is -2.05. The number of anilines is 1. The van der Waals surface area contributed by atoms with Gasteiger partial charge in [-0.3, -0.25) is 0 Å². The smallest absolute Gasteiger partial charge is 0.224 e. The van der Waals surface area contributed by atoms with Gasteiger partial charge in [0, 0.05) is 24.1 Å². The van der Waals surface area contributed by atoms with Crippen molar-refractivity contribution in [2.45, 2.75) is 26.7 Å². The zero-order valence-electron chi connectivity index (χ0n) is 11.7. The maximum absolute atomic E-state index is 5.85. The number of hydrogen-bond donors (Lipinski definition) is 1. The number of nitrogens with zero attached hydrogens (tertiary/aromatic N) is 2. The molecule has 0 aliphatic carbocycles. The predicted molar refractivity (Wildman–Crippen MR) is 81.7 cm³/mol. The SMILES string of the molecule is CCCNc1cc(Oc2ccc(Cl)cc2)nc(CC)n1. The molecule has 0 fully saturated rings. The van der Waals surface area contributed by atoms with Gasteiger partial charge in [-0.25, -0.2) is 4.98 Å². The third-order valence-corrected chi connectivity index (χ3v) is 2.91. The Morgan fingerprint density at radius 3 is 2.55 bits per heavy atom. The maximum Gasteiger partial charge on any atom is 0.224 e. The molecule has 0 radical (unpaired) electrons. The number of rotatable bonds is 6. The van der Waals surface area contributed by atoms with E-state index in [0.29, 0.717) is 16.7 Å². The zero-order valence-corrected chi connectivity index (χ0v) is 12.4. The monoisotopic (exact) mass is 291 g/mol. The highest BCUT2D eigenvalue weighted by molar-refractivity contribution is 6.30. The van der Waals surface area contributed by atoms with E-state index in [1.807, 2.05) is 25.1 Å². The zero-order chi connectivity index (χ0) is 14.4. The highest BCUT2D eigenvalue weighted by atomic mass is 35.5. The second-order valence-corrected chi connectivity index (χ2v) is 4.78. The molecular weight excluding hydrogens is 274 g/mol. The normalized spacial score (nSPS) is 10.3. The Hall–Kier alpha value is -1.81. The van der Waals surface area contributed by atoms with E-state index in [2.05, 4.69) is 22.2 Å². The average molecular weight is 292 g/mol. The van der Waals surface area contributed by atoms with Crippen LogP contribution in [0.5, 0.6) is 11.6 Å². The summed E-state index contributed by atoms with van der Waals surface area (Å²) in [4.78, 5) is 8.79. The lowest BCUT2D eigenvalue weighted by Gasteiger charge is -2.09. The summed E-state index contributed by atoms with van der Waals surface area (Å²) in [5.74, 6) is 2.80. The molecule has 1 N–H and O–H groups in total. The summed E-state index contributed by atoms with van der Waals surface area (Å²) in [6, 6.07) is 9.01. The first-order valence-corrected chi connectivity index (χ1v) is 7.14. The van der Waals surface area contributed by atoms with Crippen LogP contribution in [-0.4, -0.2) is 16.5 Å². The molecule has 1 aromatic carbocycles.